The molecular formula is C19H24NO3PS. The van der Waals surface area contributed by atoms with Crippen LogP contribution in [0, 0.1) is 0 Å². The number of hydrogen-bond acceptors (Lipinski definition) is 5. The quantitative estimate of drug-likeness (QED) is 0.689. The molecule has 0 radical (unpaired) electrons. The minimum atomic E-state index is -2.52. The van der Waals surface area contributed by atoms with Crippen molar-refractivity contribution in [3.63, 3.8) is 0 Å². The Kier molecular flexibility index (Phi) is 6.13. The van der Waals surface area contributed by atoms with Crippen LogP contribution in [0.2, 0.25) is 0 Å². The van der Waals surface area contributed by atoms with Crippen LogP contribution in [-0.2, 0) is 20.9 Å². The Morgan fingerprint density at radius 1 is 1.24 bits per heavy atom. The fourth-order valence-corrected chi connectivity index (χ4v) is 6.13. The van der Waals surface area contributed by atoms with E-state index in [-0.39, 0.29) is 11.9 Å². The van der Waals surface area contributed by atoms with Crippen molar-refractivity contribution in [3.8, 4) is 5.75 Å². The summed E-state index contributed by atoms with van der Waals surface area (Å²) < 4.78 is 17.8. The van der Waals surface area contributed by atoms with Crippen molar-refractivity contribution in [2.24, 2.45) is 0 Å². The molecule has 2 aromatic rings. The third-order valence-corrected chi connectivity index (χ3v) is 7.47. The Bertz CT molecular complexity index is 740. The number of rotatable bonds is 6. The second kappa shape index (κ2) is 8.33. The van der Waals surface area contributed by atoms with E-state index in [1.807, 2.05) is 49.4 Å². The minimum absolute atomic E-state index is 0.113. The maximum Gasteiger partial charge on any atom is 0.215 e. The van der Waals surface area contributed by atoms with Crippen molar-refractivity contribution < 1.29 is 13.8 Å². The summed E-state index contributed by atoms with van der Waals surface area (Å²) in [5.41, 5.74) is 2.01. The van der Waals surface area contributed by atoms with Crippen LogP contribution in [0.3, 0.4) is 0 Å². The molecule has 0 aromatic heterocycles. The molecule has 1 fully saturated rings. The molecule has 1 N–H and O–H groups in total. The number of anilines is 1. The molecule has 4 nitrogen and oxygen atoms in total. The highest BCUT2D eigenvalue weighted by atomic mass is 32.5. The topological polar surface area (TPSA) is 39.7 Å². The molecule has 0 saturated carbocycles. The molecule has 2 aromatic carbocycles. The zero-order valence-electron chi connectivity index (χ0n) is 14.6. The van der Waals surface area contributed by atoms with E-state index in [9.17, 15) is 0 Å². The highest BCUT2D eigenvalue weighted by Crippen LogP contribution is 2.63. The summed E-state index contributed by atoms with van der Waals surface area (Å²) in [7, 11) is 0. The molecule has 1 heterocycles. The lowest BCUT2D eigenvalue weighted by molar-refractivity contribution is 0.115. The van der Waals surface area contributed by atoms with Gasteiger partial charge in [0.25, 0.3) is 0 Å². The smallest absolute Gasteiger partial charge is 0.215 e. The molecule has 3 rings (SSSR count). The van der Waals surface area contributed by atoms with E-state index < -0.39 is 6.49 Å². The van der Waals surface area contributed by atoms with Crippen LogP contribution < -0.4 is 10.1 Å². The fourth-order valence-electron chi connectivity index (χ4n) is 2.80. The highest BCUT2D eigenvalue weighted by molar-refractivity contribution is 8.10. The van der Waals surface area contributed by atoms with E-state index in [2.05, 4.69) is 24.4 Å². The number of nitrogens with one attached hydrogen (secondary N) is 1. The van der Waals surface area contributed by atoms with Gasteiger partial charge in [0.05, 0.1) is 19.3 Å². The van der Waals surface area contributed by atoms with Gasteiger partial charge >= 0.3 is 0 Å². The van der Waals surface area contributed by atoms with Crippen LogP contribution >= 0.6 is 6.49 Å². The molecule has 3 unspecified atom stereocenters. The minimum Gasteiger partial charge on any atom is -0.494 e. The Morgan fingerprint density at radius 3 is 2.76 bits per heavy atom. The molecule has 1 aliphatic rings. The first kappa shape index (κ1) is 18.4. The molecule has 0 amide bonds. The molecule has 0 aliphatic carbocycles. The van der Waals surface area contributed by atoms with Crippen molar-refractivity contribution in [1.82, 2.24) is 0 Å². The Morgan fingerprint density at radius 2 is 2.04 bits per heavy atom. The number of hydrogen-bond donors (Lipinski definition) is 1. The second-order valence-corrected chi connectivity index (χ2v) is 9.59. The van der Waals surface area contributed by atoms with Gasteiger partial charge in [0.2, 0.25) is 6.49 Å². The van der Waals surface area contributed by atoms with Gasteiger partial charge in [-0.15, -0.1) is 0 Å². The van der Waals surface area contributed by atoms with Crippen molar-refractivity contribution in [2.75, 3.05) is 18.5 Å². The van der Waals surface area contributed by atoms with Gasteiger partial charge < -0.3 is 19.1 Å². The Balaban J connectivity index is 1.92. The molecule has 3 atom stereocenters. The first-order valence-corrected chi connectivity index (χ1v) is 11.3. The standard InChI is InChI=1S/C19H24NO3PS/c1-3-21-18-11-7-10-17(14-18)20-19(16-8-5-4-6-9-16)24(25)22-13-12-15(2)23-24/h4-11,14-15,19-20H,3,12-13H2,1-2H3. The van der Waals surface area contributed by atoms with E-state index in [1.54, 1.807) is 0 Å². The van der Waals surface area contributed by atoms with Crippen molar-refractivity contribution >= 4 is 24.0 Å². The SMILES string of the molecule is CCOc1cccc(NC(c2ccccc2)P2(=S)OCCC(C)O2)c1. The molecule has 1 aliphatic heterocycles. The summed E-state index contributed by atoms with van der Waals surface area (Å²) in [5.74, 6) is 0.623. The molecule has 134 valence electrons. The zero-order chi connectivity index (χ0) is 17.7. The lowest BCUT2D eigenvalue weighted by Gasteiger charge is -2.37. The average molecular weight is 377 g/mol. The first-order chi connectivity index (χ1) is 12.1. The Labute approximate surface area is 154 Å². The fraction of sp³-hybridized carbons (Fsp3) is 0.368. The van der Waals surface area contributed by atoms with E-state index in [0.29, 0.717) is 13.2 Å². The van der Waals surface area contributed by atoms with Crippen LogP contribution in [0.5, 0.6) is 5.75 Å². The van der Waals surface area contributed by atoms with E-state index in [4.69, 9.17) is 25.6 Å². The summed E-state index contributed by atoms with van der Waals surface area (Å²) in [5, 5.41) is 3.54. The van der Waals surface area contributed by atoms with Crippen LogP contribution in [-0.4, -0.2) is 19.3 Å². The third-order valence-electron chi connectivity index (χ3n) is 4.00. The van der Waals surface area contributed by atoms with Crippen LogP contribution in [0.15, 0.2) is 54.6 Å². The van der Waals surface area contributed by atoms with E-state index in [0.717, 1.165) is 23.4 Å². The lowest BCUT2D eigenvalue weighted by atomic mass is 10.2. The predicted octanol–water partition coefficient (Wildman–Crippen LogP) is 5.33. The number of ether oxygens (including phenoxy) is 1. The summed E-state index contributed by atoms with van der Waals surface area (Å²) in [6.07, 6.45) is 0.988. The maximum absolute atomic E-state index is 6.15. The van der Waals surface area contributed by atoms with Crippen LogP contribution in [0.4, 0.5) is 5.69 Å². The van der Waals surface area contributed by atoms with Gasteiger partial charge in [-0.2, -0.15) is 0 Å². The third kappa shape index (κ3) is 4.62. The summed E-state index contributed by atoms with van der Waals surface area (Å²) in [6.45, 7) is 2.79. The number of benzene rings is 2. The Hall–Kier alpha value is -1.39. The van der Waals surface area contributed by atoms with Gasteiger partial charge in [0.1, 0.15) is 11.5 Å². The largest absolute Gasteiger partial charge is 0.494 e. The highest BCUT2D eigenvalue weighted by Gasteiger charge is 2.37. The molecule has 6 heteroatoms. The van der Waals surface area contributed by atoms with E-state index >= 15 is 0 Å². The van der Waals surface area contributed by atoms with E-state index in [1.165, 1.54) is 0 Å². The van der Waals surface area contributed by atoms with Gasteiger partial charge in [-0.25, -0.2) is 0 Å². The second-order valence-electron chi connectivity index (χ2n) is 6.00. The van der Waals surface area contributed by atoms with Gasteiger partial charge in [-0.3, -0.25) is 0 Å². The van der Waals surface area contributed by atoms with Crippen molar-refractivity contribution in [3.05, 3.63) is 60.2 Å². The van der Waals surface area contributed by atoms with Gasteiger partial charge in [0.15, 0.2) is 0 Å². The molecule has 0 bridgehead atoms. The van der Waals surface area contributed by atoms with Crippen LogP contribution in [0.25, 0.3) is 0 Å². The van der Waals surface area contributed by atoms with Crippen molar-refractivity contribution in [2.45, 2.75) is 32.2 Å². The maximum atomic E-state index is 6.15. The summed E-state index contributed by atoms with van der Waals surface area (Å²) in [6, 6.07) is 18.0. The predicted molar refractivity (Wildman–Crippen MR) is 106 cm³/mol. The normalized spacial score (nSPS) is 24.5. The first-order valence-electron chi connectivity index (χ1n) is 8.58. The summed E-state index contributed by atoms with van der Waals surface area (Å²) >= 11 is 5.89. The lowest BCUT2D eigenvalue weighted by Crippen LogP contribution is -2.23. The van der Waals surface area contributed by atoms with Gasteiger partial charge in [-0.1, -0.05) is 36.4 Å². The average Bonchev–Trinajstić information content (AvgIpc) is 2.61. The molecule has 1 saturated heterocycles. The monoisotopic (exact) mass is 377 g/mol. The molecular weight excluding hydrogens is 353 g/mol. The molecule has 25 heavy (non-hydrogen) atoms. The van der Waals surface area contributed by atoms with Crippen LogP contribution in [0.1, 0.15) is 31.6 Å². The van der Waals surface area contributed by atoms with Crippen molar-refractivity contribution in [1.29, 1.82) is 0 Å². The molecule has 0 spiro atoms. The van der Waals surface area contributed by atoms with Gasteiger partial charge in [-0.05, 0) is 49.8 Å². The summed E-state index contributed by atoms with van der Waals surface area (Å²) in [4.78, 5) is 0. The van der Waals surface area contributed by atoms with Gasteiger partial charge in [0, 0.05) is 11.8 Å². The zero-order valence-corrected chi connectivity index (χ0v) is 16.3.